The van der Waals surface area contributed by atoms with Gasteiger partial charge in [0.25, 0.3) is 0 Å². The van der Waals surface area contributed by atoms with Crippen LogP contribution in [-0.4, -0.2) is 15.9 Å². The van der Waals surface area contributed by atoms with Gasteiger partial charge in [-0.3, -0.25) is 14.8 Å². The number of carbonyl (C=O) groups excluding carboxylic acids is 1. The summed E-state index contributed by atoms with van der Waals surface area (Å²) in [5, 5.41) is 3.19. The minimum Gasteiger partial charge on any atom is -0.345 e. The molecule has 1 atom stereocenters. The highest BCUT2D eigenvalue weighted by Crippen LogP contribution is 2.25. The van der Waals surface area contributed by atoms with Crippen molar-refractivity contribution in [1.29, 1.82) is 0 Å². The van der Waals surface area contributed by atoms with E-state index in [4.69, 9.17) is 0 Å². The fourth-order valence-electron chi connectivity index (χ4n) is 3.08. The van der Waals surface area contributed by atoms with Crippen LogP contribution in [0.25, 0.3) is 0 Å². The third-order valence-corrected chi connectivity index (χ3v) is 4.45. The van der Waals surface area contributed by atoms with E-state index in [2.05, 4.69) is 47.3 Å². The summed E-state index contributed by atoms with van der Waals surface area (Å²) in [6.45, 7) is 4.15. The topological polar surface area (TPSA) is 54.9 Å². The van der Waals surface area contributed by atoms with Crippen LogP contribution in [0.1, 0.15) is 40.3 Å². The third-order valence-electron chi connectivity index (χ3n) is 4.45. The van der Waals surface area contributed by atoms with E-state index >= 15 is 0 Å². The third kappa shape index (κ3) is 4.54. The van der Waals surface area contributed by atoms with Gasteiger partial charge in [0, 0.05) is 31.2 Å². The molecule has 2 heterocycles. The Hall–Kier alpha value is -3.01. The summed E-state index contributed by atoms with van der Waals surface area (Å²) in [5.41, 5.74) is 5.56. The van der Waals surface area contributed by atoms with Crippen LogP contribution in [0, 0.1) is 13.8 Å². The first kappa shape index (κ1) is 17.8. The lowest BCUT2D eigenvalue weighted by Crippen LogP contribution is -2.30. The van der Waals surface area contributed by atoms with Gasteiger partial charge in [-0.1, -0.05) is 29.8 Å². The lowest BCUT2D eigenvalue weighted by molar-refractivity contribution is -0.121. The van der Waals surface area contributed by atoms with Crippen LogP contribution in [-0.2, 0) is 11.2 Å². The molecule has 0 spiro atoms. The number of aryl methyl sites for hydroxylation is 3. The first-order chi connectivity index (χ1) is 12.6. The molecule has 2 aromatic heterocycles. The Morgan fingerprint density at radius 1 is 1.04 bits per heavy atom. The summed E-state index contributed by atoms with van der Waals surface area (Å²) in [6.07, 6.45) is 8.19. The molecule has 0 aliphatic heterocycles. The quantitative estimate of drug-likeness (QED) is 0.736. The van der Waals surface area contributed by atoms with Gasteiger partial charge in [-0.15, -0.1) is 0 Å². The second-order valence-electron chi connectivity index (χ2n) is 6.50. The number of nitrogens with one attached hydrogen (secondary N) is 1. The number of amides is 1. The van der Waals surface area contributed by atoms with Crippen molar-refractivity contribution in [2.75, 3.05) is 0 Å². The van der Waals surface area contributed by atoms with Crippen LogP contribution >= 0.6 is 0 Å². The molecule has 0 aliphatic carbocycles. The van der Waals surface area contributed by atoms with Gasteiger partial charge < -0.3 is 5.32 Å². The molecule has 3 aromatic rings. The molecule has 4 heteroatoms. The van der Waals surface area contributed by atoms with Crippen LogP contribution in [0.3, 0.4) is 0 Å². The van der Waals surface area contributed by atoms with Gasteiger partial charge in [0.15, 0.2) is 0 Å². The Morgan fingerprint density at radius 2 is 1.85 bits per heavy atom. The van der Waals surface area contributed by atoms with E-state index in [1.807, 2.05) is 30.5 Å². The van der Waals surface area contributed by atoms with Crippen molar-refractivity contribution in [3.05, 3.63) is 95.1 Å². The zero-order valence-corrected chi connectivity index (χ0v) is 15.1. The molecule has 0 unspecified atom stereocenters. The molecule has 1 N–H and O–H groups in total. The molecular weight excluding hydrogens is 322 g/mol. The molecule has 0 fully saturated rings. The molecule has 1 amide bonds. The Bertz CT molecular complexity index is 863. The van der Waals surface area contributed by atoms with Gasteiger partial charge in [0.1, 0.15) is 0 Å². The lowest BCUT2D eigenvalue weighted by Gasteiger charge is -2.22. The van der Waals surface area contributed by atoms with E-state index in [0.717, 1.165) is 22.3 Å². The van der Waals surface area contributed by atoms with E-state index in [1.165, 1.54) is 5.56 Å². The largest absolute Gasteiger partial charge is 0.345 e. The second-order valence-corrected chi connectivity index (χ2v) is 6.50. The van der Waals surface area contributed by atoms with Crippen LogP contribution in [0.4, 0.5) is 0 Å². The average molecular weight is 345 g/mol. The summed E-state index contributed by atoms with van der Waals surface area (Å²) in [7, 11) is 0. The van der Waals surface area contributed by atoms with Crippen molar-refractivity contribution in [3.8, 4) is 0 Å². The zero-order valence-electron chi connectivity index (χ0n) is 15.1. The Labute approximate surface area is 154 Å². The fourth-order valence-corrected chi connectivity index (χ4v) is 3.08. The summed E-state index contributed by atoms with van der Waals surface area (Å²) < 4.78 is 0. The normalized spacial score (nSPS) is 11.8. The Kier molecular flexibility index (Phi) is 5.74. The molecule has 0 saturated heterocycles. The van der Waals surface area contributed by atoms with Gasteiger partial charge in [0.05, 0.1) is 6.04 Å². The highest BCUT2D eigenvalue weighted by molar-refractivity contribution is 5.77. The standard InChI is InChI=1S/C22H23N3O/c1-16-5-7-20(17(2)14-16)22(19-4-3-11-24-15-19)25-21(26)8-6-18-9-12-23-13-10-18/h3-5,7,9-15,22H,6,8H2,1-2H3,(H,25,26)/t22-/m1/s1. The lowest BCUT2D eigenvalue weighted by atomic mass is 9.94. The molecule has 1 aromatic carbocycles. The Morgan fingerprint density at radius 3 is 2.54 bits per heavy atom. The minimum absolute atomic E-state index is 0.0237. The molecule has 132 valence electrons. The number of pyridine rings is 2. The Balaban J connectivity index is 1.79. The number of nitrogens with zero attached hydrogens (tertiary/aromatic N) is 2. The van der Waals surface area contributed by atoms with Crippen LogP contribution in [0.5, 0.6) is 0 Å². The average Bonchev–Trinajstić information content (AvgIpc) is 2.66. The monoisotopic (exact) mass is 345 g/mol. The van der Waals surface area contributed by atoms with Crippen molar-refractivity contribution in [3.63, 3.8) is 0 Å². The van der Waals surface area contributed by atoms with Gasteiger partial charge in [0.2, 0.25) is 5.91 Å². The maximum Gasteiger partial charge on any atom is 0.221 e. The van der Waals surface area contributed by atoms with Crippen molar-refractivity contribution >= 4 is 5.91 Å². The number of aromatic nitrogens is 2. The van der Waals surface area contributed by atoms with Crippen LogP contribution in [0.15, 0.2) is 67.3 Å². The first-order valence-electron chi connectivity index (χ1n) is 8.79. The number of hydrogen-bond acceptors (Lipinski definition) is 3. The molecule has 3 rings (SSSR count). The predicted molar refractivity (Wildman–Crippen MR) is 103 cm³/mol. The number of rotatable bonds is 6. The van der Waals surface area contributed by atoms with E-state index in [0.29, 0.717) is 12.8 Å². The first-order valence-corrected chi connectivity index (χ1v) is 8.79. The number of carbonyl (C=O) groups is 1. The van der Waals surface area contributed by atoms with E-state index in [1.54, 1.807) is 18.6 Å². The van der Waals surface area contributed by atoms with E-state index in [9.17, 15) is 4.79 Å². The van der Waals surface area contributed by atoms with E-state index in [-0.39, 0.29) is 11.9 Å². The minimum atomic E-state index is -0.200. The van der Waals surface area contributed by atoms with Gasteiger partial charge in [-0.25, -0.2) is 0 Å². The molecule has 0 radical (unpaired) electrons. The summed E-state index contributed by atoms with van der Waals surface area (Å²) in [4.78, 5) is 20.8. The van der Waals surface area contributed by atoms with Gasteiger partial charge in [-0.05, 0) is 60.7 Å². The summed E-state index contributed by atoms with van der Waals surface area (Å²) >= 11 is 0. The highest BCUT2D eigenvalue weighted by Gasteiger charge is 2.19. The fraction of sp³-hybridized carbons (Fsp3) is 0.227. The smallest absolute Gasteiger partial charge is 0.221 e. The highest BCUT2D eigenvalue weighted by atomic mass is 16.1. The molecule has 0 aliphatic rings. The molecular formula is C22H23N3O. The molecule has 0 bridgehead atoms. The maximum atomic E-state index is 12.6. The molecule has 26 heavy (non-hydrogen) atoms. The number of hydrogen-bond donors (Lipinski definition) is 1. The maximum absolute atomic E-state index is 12.6. The zero-order chi connectivity index (χ0) is 18.4. The predicted octanol–water partition coefficient (Wildman–Crippen LogP) is 3.93. The van der Waals surface area contributed by atoms with Crippen molar-refractivity contribution in [1.82, 2.24) is 15.3 Å². The van der Waals surface area contributed by atoms with E-state index < -0.39 is 0 Å². The van der Waals surface area contributed by atoms with Crippen molar-refractivity contribution in [2.45, 2.75) is 32.7 Å². The molecule has 0 saturated carbocycles. The van der Waals surface area contributed by atoms with Gasteiger partial charge >= 0.3 is 0 Å². The van der Waals surface area contributed by atoms with Crippen LogP contribution in [0.2, 0.25) is 0 Å². The SMILES string of the molecule is Cc1ccc([C@H](NC(=O)CCc2ccncc2)c2cccnc2)c(C)c1. The summed E-state index contributed by atoms with van der Waals surface area (Å²) in [6, 6.07) is 13.9. The summed E-state index contributed by atoms with van der Waals surface area (Å²) in [5.74, 6) is 0.0237. The second kappa shape index (κ2) is 8.39. The van der Waals surface area contributed by atoms with Crippen molar-refractivity contribution < 1.29 is 4.79 Å². The van der Waals surface area contributed by atoms with Crippen LogP contribution < -0.4 is 5.32 Å². The number of benzene rings is 1. The van der Waals surface area contributed by atoms with Gasteiger partial charge in [-0.2, -0.15) is 0 Å². The van der Waals surface area contributed by atoms with Crippen molar-refractivity contribution in [2.24, 2.45) is 0 Å². The molecule has 4 nitrogen and oxygen atoms in total.